The molecule has 1 rings (SSSR count). The molecular weight excluding hydrogens is 292 g/mol. The summed E-state index contributed by atoms with van der Waals surface area (Å²) in [7, 11) is 0. The molecule has 0 heterocycles. The molecule has 23 heavy (non-hydrogen) atoms. The number of hydrogen-bond donors (Lipinski definition) is 2. The first kappa shape index (κ1) is 19.0. The minimum atomic E-state index is -0.376. The van der Waals surface area contributed by atoms with E-state index in [2.05, 4.69) is 24.7 Å². The quantitative estimate of drug-likeness (QED) is 0.759. The Balaban J connectivity index is 2.45. The van der Waals surface area contributed by atoms with Gasteiger partial charge >= 0.3 is 0 Å². The molecule has 0 unspecified atom stereocenters. The van der Waals surface area contributed by atoms with Gasteiger partial charge in [-0.3, -0.25) is 20.4 Å². The second-order valence-electron chi connectivity index (χ2n) is 6.51. The molecule has 2 N–H and O–H groups in total. The van der Waals surface area contributed by atoms with Crippen LogP contribution in [0.25, 0.3) is 0 Å². The number of carbonyl (C=O) groups excluding carboxylic acids is 2. The van der Waals surface area contributed by atoms with Gasteiger partial charge in [-0.15, -0.1) is 0 Å². The van der Waals surface area contributed by atoms with E-state index in [1.54, 1.807) is 0 Å². The van der Waals surface area contributed by atoms with Crippen molar-refractivity contribution in [2.45, 2.75) is 53.4 Å². The number of carbonyl (C=O) groups is 2. The van der Waals surface area contributed by atoms with E-state index < -0.39 is 0 Å². The Labute approximate surface area is 138 Å². The molecule has 0 aliphatic heterocycles. The Morgan fingerprint density at radius 2 is 1.74 bits per heavy atom. The van der Waals surface area contributed by atoms with Gasteiger partial charge in [0.25, 0.3) is 5.91 Å². The number of hydrogen-bond acceptors (Lipinski definition) is 3. The molecule has 0 spiro atoms. The van der Waals surface area contributed by atoms with Gasteiger partial charge in [0.1, 0.15) is 5.75 Å². The number of aryl methyl sites for hydroxylation is 1. The van der Waals surface area contributed by atoms with Crippen LogP contribution in [0.5, 0.6) is 5.75 Å². The van der Waals surface area contributed by atoms with Crippen molar-refractivity contribution in [3.63, 3.8) is 0 Å². The number of nitrogens with one attached hydrogen (secondary N) is 2. The molecular formula is C18H28N2O3. The molecule has 0 atom stereocenters. The number of rotatable bonds is 7. The van der Waals surface area contributed by atoms with Gasteiger partial charge in [-0.2, -0.15) is 0 Å². The monoisotopic (exact) mass is 320 g/mol. The predicted octanol–water partition coefficient (Wildman–Crippen LogP) is 3.08. The number of benzene rings is 1. The van der Waals surface area contributed by atoms with Crippen LogP contribution < -0.4 is 15.6 Å². The van der Waals surface area contributed by atoms with Gasteiger partial charge < -0.3 is 4.74 Å². The summed E-state index contributed by atoms with van der Waals surface area (Å²) >= 11 is 0. The summed E-state index contributed by atoms with van der Waals surface area (Å²) in [5, 5.41) is 0. The highest BCUT2D eigenvalue weighted by molar-refractivity contribution is 5.82. The van der Waals surface area contributed by atoms with E-state index in [0.717, 1.165) is 17.5 Å². The third-order valence-electron chi connectivity index (χ3n) is 3.44. The van der Waals surface area contributed by atoms with E-state index in [9.17, 15) is 9.59 Å². The number of hydrazine groups is 1. The lowest BCUT2D eigenvalue weighted by Crippen LogP contribution is -2.43. The molecule has 0 aromatic heterocycles. The summed E-state index contributed by atoms with van der Waals surface area (Å²) in [5.41, 5.74) is 6.92. The van der Waals surface area contributed by atoms with Crippen molar-refractivity contribution >= 4 is 11.8 Å². The fraction of sp³-hybridized carbons (Fsp3) is 0.556. The molecule has 2 amide bonds. The zero-order valence-electron chi connectivity index (χ0n) is 14.7. The molecule has 0 saturated heterocycles. The predicted molar refractivity (Wildman–Crippen MR) is 91.1 cm³/mol. The SMILES string of the molecule is Cc1ccc(C(C)C)c(OCC(=O)NNC(=O)CCC(C)C)c1. The highest BCUT2D eigenvalue weighted by atomic mass is 16.5. The molecule has 1 aromatic carbocycles. The van der Waals surface area contributed by atoms with Crippen LogP contribution in [0.15, 0.2) is 18.2 Å². The van der Waals surface area contributed by atoms with Crippen molar-refractivity contribution in [1.82, 2.24) is 10.9 Å². The molecule has 128 valence electrons. The molecule has 0 aliphatic carbocycles. The van der Waals surface area contributed by atoms with Crippen LogP contribution >= 0.6 is 0 Å². The number of ether oxygens (including phenoxy) is 1. The van der Waals surface area contributed by atoms with Crippen LogP contribution in [-0.4, -0.2) is 18.4 Å². The van der Waals surface area contributed by atoms with Crippen LogP contribution in [0.1, 0.15) is 57.6 Å². The van der Waals surface area contributed by atoms with Gasteiger partial charge in [0.2, 0.25) is 5.91 Å². The van der Waals surface area contributed by atoms with Gasteiger partial charge in [0.05, 0.1) is 0 Å². The second-order valence-corrected chi connectivity index (χ2v) is 6.51. The van der Waals surface area contributed by atoms with Gasteiger partial charge in [-0.1, -0.05) is 39.8 Å². The Hall–Kier alpha value is -2.04. The van der Waals surface area contributed by atoms with E-state index in [1.165, 1.54) is 0 Å². The van der Waals surface area contributed by atoms with Crippen LogP contribution in [-0.2, 0) is 9.59 Å². The fourth-order valence-corrected chi connectivity index (χ4v) is 2.04. The average Bonchev–Trinajstić information content (AvgIpc) is 2.48. The van der Waals surface area contributed by atoms with E-state index in [0.29, 0.717) is 24.0 Å². The van der Waals surface area contributed by atoms with Crippen LogP contribution in [0.4, 0.5) is 0 Å². The van der Waals surface area contributed by atoms with Crippen LogP contribution in [0, 0.1) is 12.8 Å². The largest absolute Gasteiger partial charge is 0.483 e. The maximum absolute atomic E-state index is 11.8. The summed E-state index contributed by atoms with van der Waals surface area (Å²) in [6.07, 6.45) is 1.19. The molecule has 0 fully saturated rings. The van der Waals surface area contributed by atoms with Crippen molar-refractivity contribution in [2.24, 2.45) is 5.92 Å². The molecule has 0 bridgehead atoms. The minimum absolute atomic E-state index is 0.131. The van der Waals surface area contributed by atoms with Crippen LogP contribution in [0.3, 0.4) is 0 Å². The highest BCUT2D eigenvalue weighted by Gasteiger charge is 2.11. The first-order valence-electron chi connectivity index (χ1n) is 8.10. The zero-order chi connectivity index (χ0) is 17.4. The smallest absolute Gasteiger partial charge is 0.276 e. The maximum Gasteiger partial charge on any atom is 0.276 e. The maximum atomic E-state index is 11.8. The third kappa shape index (κ3) is 7.17. The van der Waals surface area contributed by atoms with E-state index in [-0.39, 0.29) is 18.4 Å². The van der Waals surface area contributed by atoms with Gasteiger partial charge in [0, 0.05) is 6.42 Å². The Bertz CT molecular complexity index is 539. The van der Waals surface area contributed by atoms with Gasteiger partial charge in [-0.25, -0.2) is 0 Å². The lowest BCUT2D eigenvalue weighted by molar-refractivity contribution is -0.130. The standard InChI is InChI=1S/C18H28N2O3/c1-12(2)6-9-17(21)19-20-18(22)11-23-16-10-14(5)7-8-15(16)13(3)4/h7-8,10,12-13H,6,9,11H2,1-5H3,(H,19,21)(H,20,22). The first-order valence-corrected chi connectivity index (χ1v) is 8.10. The summed E-state index contributed by atoms with van der Waals surface area (Å²) < 4.78 is 5.61. The molecule has 0 saturated carbocycles. The minimum Gasteiger partial charge on any atom is -0.483 e. The second kappa shape index (κ2) is 9.18. The zero-order valence-corrected chi connectivity index (χ0v) is 14.7. The third-order valence-corrected chi connectivity index (χ3v) is 3.44. The fourth-order valence-electron chi connectivity index (χ4n) is 2.04. The molecule has 5 nitrogen and oxygen atoms in total. The molecule has 5 heteroatoms. The lowest BCUT2D eigenvalue weighted by atomic mass is 10.0. The normalized spacial score (nSPS) is 10.7. The first-order chi connectivity index (χ1) is 10.8. The average molecular weight is 320 g/mol. The molecule has 0 aliphatic rings. The van der Waals surface area contributed by atoms with Gasteiger partial charge in [-0.05, 0) is 42.4 Å². The summed E-state index contributed by atoms with van der Waals surface area (Å²) in [4.78, 5) is 23.3. The van der Waals surface area contributed by atoms with Crippen molar-refractivity contribution < 1.29 is 14.3 Å². The summed E-state index contributed by atoms with van der Waals surface area (Å²) in [6.45, 7) is 10.1. The summed E-state index contributed by atoms with van der Waals surface area (Å²) in [6, 6.07) is 5.96. The topological polar surface area (TPSA) is 67.4 Å². The van der Waals surface area contributed by atoms with Crippen molar-refractivity contribution in [3.8, 4) is 5.75 Å². The van der Waals surface area contributed by atoms with Crippen molar-refractivity contribution in [1.29, 1.82) is 0 Å². The Morgan fingerprint density at radius 3 is 2.35 bits per heavy atom. The Morgan fingerprint density at radius 1 is 1.09 bits per heavy atom. The van der Waals surface area contributed by atoms with Crippen molar-refractivity contribution in [3.05, 3.63) is 29.3 Å². The van der Waals surface area contributed by atoms with E-state index in [4.69, 9.17) is 4.74 Å². The van der Waals surface area contributed by atoms with Crippen LogP contribution in [0.2, 0.25) is 0 Å². The Kier molecular flexibility index (Phi) is 7.59. The van der Waals surface area contributed by atoms with E-state index >= 15 is 0 Å². The van der Waals surface area contributed by atoms with Crippen molar-refractivity contribution in [2.75, 3.05) is 6.61 Å². The molecule has 1 aromatic rings. The molecule has 0 radical (unpaired) electrons. The number of amides is 2. The highest BCUT2D eigenvalue weighted by Crippen LogP contribution is 2.27. The van der Waals surface area contributed by atoms with Gasteiger partial charge in [0.15, 0.2) is 6.61 Å². The lowest BCUT2D eigenvalue weighted by Gasteiger charge is -2.15. The summed E-state index contributed by atoms with van der Waals surface area (Å²) in [5.74, 6) is 0.908. The van der Waals surface area contributed by atoms with E-state index in [1.807, 2.05) is 39.0 Å².